The third-order valence-corrected chi connectivity index (χ3v) is 6.61. The number of hydrogen-bond acceptors (Lipinski definition) is 3. The predicted molar refractivity (Wildman–Crippen MR) is 88.5 cm³/mol. The van der Waals surface area contributed by atoms with Crippen molar-refractivity contribution in [3.8, 4) is 0 Å². The summed E-state index contributed by atoms with van der Waals surface area (Å²) in [5, 5.41) is 5.04. The summed E-state index contributed by atoms with van der Waals surface area (Å²) in [6.45, 7) is 7.13. The molecular formula is C16H29N3S. The molecule has 3 nitrogen and oxygen atoms in total. The van der Waals surface area contributed by atoms with Crippen molar-refractivity contribution in [2.45, 2.75) is 57.5 Å². The van der Waals surface area contributed by atoms with E-state index in [0.717, 1.165) is 5.92 Å². The monoisotopic (exact) mass is 295 g/mol. The fourth-order valence-electron chi connectivity index (χ4n) is 3.84. The largest absolute Gasteiger partial charge is 0.359 e. The van der Waals surface area contributed by atoms with E-state index in [1.807, 2.05) is 11.8 Å². The van der Waals surface area contributed by atoms with Crippen LogP contribution in [0.2, 0.25) is 0 Å². The molecule has 2 unspecified atom stereocenters. The zero-order chi connectivity index (χ0) is 14.2. The van der Waals surface area contributed by atoms with Crippen molar-refractivity contribution in [3.63, 3.8) is 0 Å². The number of piperidine rings is 1. The van der Waals surface area contributed by atoms with Crippen molar-refractivity contribution < 1.29 is 0 Å². The molecule has 0 aromatic carbocycles. The minimum Gasteiger partial charge on any atom is -0.359 e. The van der Waals surface area contributed by atoms with Crippen molar-refractivity contribution in [2.75, 3.05) is 25.9 Å². The molecule has 2 heterocycles. The van der Waals surface area contributed by atoms with Crippen LogP contribution in [0.3, 0.4) is 0 Å². The first-order chi connectivity index (χ1) is 9.56. The molecule has 114 valence electrons. The van der Waals surface area contributed by atoms with Crippen molar-refractivity contribution in [1.29, 1.82) is 0 Å². The minimum atomic E-state index is 0.380. The maximum atomic E-state index is 5.06. The molecule has 0 amide bonds. The highest BCUT2D eigenvalue weighted by Crippen LogP contribution is 2.38. The first-order valence-corrected chi connectivity index (χ1v) is 9.22. The van der Waals surface area contributed by atoms with Gasteiger partial charge in [-0.25, -0.2) is 0 Å². The van der Waals surface area contributed by atoms with Crippen molar-refractivity contribution in [1.82, 2.24) is 10.2 Å². The highest BCUT2D eigenvalue weighted by Gasteiger charge is 2.40. The first-order valence-electron chi connectivity index (χ1n) is 8.24. The summed E-state index contributed by atoms with van der Waals surface area (Å²) < 4.78 is 0. The van der Waals surface area contributed by atoms with Crippen molar-refractivity contribution in [2.24, 2.45) is 16.8 Å². The summed E-state index contributed by atoms with van der Waals surface area (Å²) in [4.78, 5) is 7.49. The van der Waals surface area contributed by atoms with E-state index >= 15 is 0 Å². The van der Waals surface area contributed by atoms with Gasteiger partial charge < -0.3 is 10.2 Å². The van der Waals surface area contributed by atoms with Gasteiger partial charge in [0.05, 0.1) is 6.04 Å². The number of aliphatic imine (C=N–C) groups is 1. The lowest BCUT2D eigenvalue weighted by atomic mass is 9.78. The van der Waals surface area contributed by atoms with Gasteiger partial charge in [-0.3, -0.25) is 4.99 Å². The van der Waals surface area contributed by atoms with Gasteiger partial charge in [0.15, 0.2) is 5.17 Å². The van der Waals surface area contributed by atoms with Gasteiger partial charge in [-0.1, -0.05) is 25.6 Å². The van der Waals surface area contributed by atoms with Crippen LogP contribution in [0.1, 0.15) is 46.0 Å². The van der Waals surface area contributed by atoms with Crippen LogP contribution >= 0.6 is 11.8 Å². The molecule has 2 atom stereocenters. The number of nitrogens with zero attached hydrogens (tertiary/aromatic N) is 2. The van der Waals surface area contributed by atoms with E-state index in [2.05, 4.69) is 31.1 Å². The van der Waals surface area contributed by atoms with Crippen LogP contribution in [0, 0.1) is 11.8 Å². The molecular weight excluding hydrogens is 266 g/mol. The molecule has 2 aliphatic heterocycles. The van der Waals surface area contributed by atoms with Gasteiger partial charge in [0, 0.05) is 17.8 Å². The fraction of sp³-hybridized carbons (Fsp3) is 0.938. The molecule has 1 saturated carbocycles. The van der Waals surface area contributed by atoms with Gasteiger partial charge in [-0.2, -0.15) is 0 Å². The topological polar surface area (TPSA) is 27.6 Å². The van der Waals surface area contributed by atoms with Crippen LogP contribution < -0.4 is 5.32 Å². The second-order valence-corrected chi connectivity index (χ2v) is 8.37. The third kappa shape index (κ3) is 3.16. The summed E-state index contributed by atoms with van der Waals surface area (Å²) in [6, 6.07) is 0.527. The van der Waals surface area contributed by atoms with Gasteiger partial charge in [-0.05, 0) is 57.5 Å². The lowest BCUT2D eigenvalue weighted by Gasteiger charge is -2.36. The van der Waals surface area contributed by atoms with Crippen LogP contribution in [0.25, 0.3) is 0 Å². The Kier molecular flexibility index (Phi) is 4.32. The summed E-state index contributed by atoms with van der Waals surface area (Å²) in [5.74, 6) is 2.84. The van der Waals surface area contributed by atoms with Gasteiger partial charge in [0.2, 0.25) is 0 Å². The summed E-state index contributed by atoms with van der Waals surface area (Å²) in [5.41, 5.74) is 0.380. The first kappa shape index (κ1) is 14.7. The molecule has 4 heteroatoms. The minimum absolute atomic E-state index is 0.380. The number of rotatable bonds is 1. The molecule has 3 rings (SSSR count). The average Bonchev–Trinajstić information content (AvgIpc) is 2.80. The highest BCUT2D eigenvalue weighted by atomic mass is 32.2. The molecule has 0 bridgehead atoms. The van der Waals surface area contributed by atoms with Crippen molar-refractivity contribution in [3.05, 3.63) is 0 Å². The summed E-state index contributed by atoms with van der Waals surface area (Å²) in [6.07, 6.45) is 6.65. The average molecular weight is 295 g/mol. The van der Waals surface area contributed by atoms with E-state index in [1.54, 1.807) is 0 Å². The van der Waals surface area contributed by atoms with Gasteiger partial charge in [0.1, 0.15) is 0 Å². The third-order valence-electron chi connectivity index (χ3n) is 5.43. The number of likely N-dealkylation sites (tertiary alicyclic amines) is 1. The molecule has 3 aliphatic rings. The van der Waals surface area contributed by atoms with Crippen LogP contribution in [-0.2, 0) is 0 Å². The number of thioether (sulfide) groups is 1. The molecule has 1 N–H and O–H groups in total. The molecule has 0 radical (unpaired) electrons. The van der Waals surface area contributed by atoms with E-state index in [0.29, 0.717) is 17.5 Å². The molecule has 1 spiro atoms. The molecule has 2 saturated heterocycles. The molecule has 0 aromatic heterocycles. The molecule has 0 aromatic rings. The van der Waals surface area contributed by atoms with E-state index in [-0.39, 0.29) is 0 Å². The Morgan fingerprint density at radius 3 is 2.70 bits per heavy atom. The van der Waals surface area contributed by atoms with E-state index in [4.69, 9.17) is 4.99 Å². The molecule has 20 heavy (non-hydrogen) atoms. The fourth-order valence-corrected chi connectivity index (χ4v) is 5.12. The van der Waals surface area contributed by atoms with Crippen molar-refractivity contribution >= 4 is 16.9 Å². The Hall–Kier alpha value is -0.220. The van der Waals surface area contributed by atoms with Crippen LogP contribution in [-0.4, -0.2) is 47.5 Å². The van der Waals surface area contributed by atoms with E-state index < -0.39 is 0 Å². The predicted octanol–water partition coefficient (Wildman–Crippen LogP) is 2.97. The standard InChI is InChI=1S/C16H29N3S/c1-12-4-7-16(8-5-12)11-20-15(18-16)17-14-6-9-19(3)10-13(14)2/h12-14H,4-11H2,1-3H3,(H,17,18). The lowest BCUT2D eigenvalue weighted by molar-refractivity contribution is 0.198. The maximum Gasteiger partial charge on any atom is 0.157 e. The number of nitrogens with one attached hydrogen (secondary N) is 1. The highest BCUT2D eigenvalue weighted by molar-refractivity contribution is 8.14. The van der Waals surface area contributed by atoms with Gasteiger partial charge in [-0.15, -0.1) is 0 Å². The SMILES string of the molecule is CC1CCC2(CC1)CSC(=NC1CCN(C)CC1C)N2. The normalized spacial score (nSPS) is 45.0. The zero-order valence-corrected chi connectivity index (χ0v) is 14.0. The lowest BCUT2D eigenvalue weighted by Crippen LogP contribution is -2.47. The Bertz CT molecular complexity index is 374. The second-order valence-electron chi connectivity index (χ2n) is 7.41. The quantitative estimate of drug-likeness (QED) is 0.806. The maximum absolute atomic E-state index is 5.06. The van der Waals surface area contributed by atoms with Crippen LogP contribution in [0.5, 0.6) is 0 Å². The summed E-state index contributed by atoms with van der Waals surface area (Å²) >= 11 is 1.97. The molecule has 1 aliphatic carbocycles. The Labute approximate surface area is 128 Å². The van der Waals surface area contributed by atoms with Gasteiger partial charge >= 0.3 is 0 Å². The Morgan fingerprint density at radius 1 is 1.25 bits per heavy atom. The summed E-state index contributed by atoms with van der Waals surface area (Å²) in [7, 11) is 2.22. The Balaban J connectivity index is 1.60. The van der Waals surface area contributed by atoms with Crippen LogP contribution in [0.4, 0.5) is 0 Å². The van der Waals surface area contributed by atoms with E-state index in [1.165, 1.54) is 56.1 Å². The van der Waals surface area contributed by atoms with E-state index in [9.17, 15) is 0 Å². The smallest absolute Gasteiger partial charge is 0.157 e. The molecule has 3 fully saturated rings. The zero-order valence-electron chi connectivity index (χ0n) is 13.2. The Morgan fingerprint density at radius 2 is 2.00 bits per heavy atom. The number of hydrogen-bond donors (Lipinski definition) is 1. The second kappa shape index (κ2) is 5.88. The number of amidine groups is 1. The van der Waals surface area contributed by atoms with Crippen LogP contribution in [0.15, 0.2) is 4.99 Å². The van der Waals surface area contributed by atoms with Gasteiger partial charge in [0.25, 0.3) is 0 Å².